The monoisotopic (exact) mass is 476 g/mol. The molecular formula is C25H21ClN4O2S. The molecule has 4 aromatic rings. The van der Waals surface area contributed by atoms with Gasteiger partial charge in [0.05, 0.1) is 22.3 Å². The number of halogens is 1. The summed E-state index contributed by atoms with van der Waals surface area (Å²) in [6.45, 7) is 0. The lowest BCUT2D eigenvalue weighted by Crippen LogP contribution is -2.19. The largest absolute Gasteiger partial charge is 0.397 e. The maximum Gasteiger partial charge on any atom is 0.261 e. The second-order valence-electron chi connectivity index (χ2n) is 7.36. The molecule has 0 spiro atoms. The van der Waals surface area contributed by atoms with Crippen LogP contribution in [0.3, 0.4) is 0 Å². The summed E-state index contributed by atoms with van der Waals surface area (Å²) in [5.41, 5.74) is 9.39. The van der Waals surface area contributed by atoms with Crippen molar-refractivity contribution in [2.24, 2.45) is 7.05 Å². The van der Waals surface area contributed by atoms with Crippen LogP contribution in [0.4, 0.5) is 11.4 Å². The molecule has 0 saturated heterocycles. The third-order valence-corrected chi connectivity index (χ3v) is 6.33. The molecule has 0 unspecified atom stereocenters. The van der Waals surface area contributed by atoms with Gasteiger partial charge in [-0.15, -0.1) is 0 Å². The summed E-state index contributed by atoms with van der Waals surface area (Å²) < 4.78 is 1.55. The summed E-state index contributed by atoms with van der Waals surface area (Å²) in [4.78, 5) is 29.3. The molecule has 4 rings (SSSR count). The number of thioether (sulfide) groups is 1. The molecule has 3 aromatic carbocycles. The molecule has 8 heteroatoms. The van der Waals surface area contributed by atoms with Crippen molar-refractivity contribution in [1.82, 2.24) is 9.55 Å². The zero-order valence-corrected chi connectivity index (χ0v) is 19.4. The van der Waals surface area contributed by atoms with Gasteiger partial charge < -0.3 is 11.1 Å². The van der Waals surface area contributed by atoms with E-state index in [0.29, 0.717) is 38.2 Å². The van der Waals surface area contributed by atoms with Crippen molar-refractivity contribution in [2.75, 3.05) is 11.1 Å². The maximum atomic E-state index is 12.6. The first kappa shape index (κ1) is 22.6. The molecule has 1 heterocycles. The van der Waals surface area contributed by atoms with E-state index < -0.39 is 0 Å². The summed E-state index contributed by atoms with van der Waals surface area (Å²) >= 11 is 7.53. The highest BCUT2D eigenvalue weighted by Crippen LogP contribution is 2.23. The Labute approximate surface area is 200 Å². The highest BCUT2D eigenvalue weighted by atomic mass is 35.5. The lowest BCUT2D eigenvalue weighted by Gasteiger charge is -2.09. The molecule has 0 atom stereocenters. The summed E-state index contributed by atoms with van der Waals surface area (Å²) in [6.07, 6.45) is 3.21. The summed E-state index contributed by atoms with van der Waals surface area (Å²) in [5.74, 6) is 0.389. The molecule has 3 N–H and O–H groups in total. The smallest absolute Gasteiger partial charge is 0.261 e. The number of hydrogen-bond acceptors (Lipinski definition) is 5. The minimum atomic E-state index is -0.254. The predicted molar refractivity (Wildman–Crippen MR) is 137 cm³/mol. The predicted octanol–water partition coefficient (Wildman–Crippen LogP) is 5.11. The first-order valence-electron chi connectivity index (χ1n) is 10.1. The number of anilines is 2. The van der Waals surface area contributed by atoms with Gasteiger partial charge in [0.2, 0.25) is 5.91 Å². The number of nitrogens with zero attached hydrogens (tertiary/aromatic N) is 2. The Balaban J connectivity index is 1.40. The van der Waals surface area contributed by atoms with E-state index in [4.69, 9.17) is 17.3 Å². The Hall–Kier alpha value is -3.55. The molecule has 1 aromatic heterocycles. The van der Waals surface area contributed by atoms with Gasteiger partial charge in [-0.2, -0.15) is 0 Å². The topological polar surface area (TPSA) is 90.0 Å². The lowest BCUT2D eigenvalue weighted by molar-refractivity contribution is -0.111. The molecule has 33 heavy (non-hydrogen) atoms. The molecule has 6 nitrogen and oxygen atoms in total. The minimum Gasteiger partial charge on any atom is -0.397 e. The molecule has 0 saturated carbocycles. The number of para-hydroxylation sites is 2. The van der Waals surface area contributed by atoms with E-state index in [1.54, 1.807) is 48.0 Å². The van der Waals surface area contributed by atoms with Crippen molar-refractivity contribution < 1.29 is 4.79 Å². The van der Waals surface area contributed by atoms with E-state index in [0.717, 1.165) is 11.1 Å². The number of nitrogen functional groups attached to an aromatic ring is 1. The van der Waals surface area contributed by atoms with E-state index in [1.165, 1.54) is 17.8 Å². The zero-order valence-electron chi connectivity index (χ0n) is 17.8. The molecule has 0 aliphatic heterocycles. The van der Waals surface area contributed by atoms with Crippen LogP contribution in [-0.2, 0) is 17.6 Å². The van der Waals surface area contributed by atoms with Crippen LogP contribution in [0, 0.1) is 0 Å². The van der Waals surface area contributed by atoms with Crippen LogP contribution < -0.4 is 16.6 Å². The van der Waals surface area contributed by atoms with Gasteiger partial charge in [-0.1, -0.05) is 59.8 Å². The Kier molecular flexibility index (Phi) is 6.82. The van der Waals surface area contributed by atoms with Gasteiger partial charge in [-0.05, 0) is 47.5 Å². The molecule has 0 radical (unpaired) electrons. The number of carbonyl (C=O) groups excluding carboxylic acids is 1. The van der Waals surface area contributed by atoms with E-state index >= 15 is 0 Å². The van der Waals surface area contributed by atoms with Gasteiger partial charge in [0.25, 0.3) is 5.56 Å². The third kappa shape index (κ3) is 5.45. The van der Waals surface area contributed by atoms with E-state index in [-0.39, 0.29) is 11.5 Å². The van der Waals surface area contributed by atoms with Gasteiger partial charge in [0.15, 0.2) is 5.16 Å². The molecule has 0 aliphatic carbocycles. The Morgan fingerprint density at radius 2 is 1.91 bits per heavy atom. The third-order valence-electron chi connectivity index (χ3n) is 4.99. The van der Waals surface area contributed by atoms with Crippen LogP contribution in [0.1, 0.15) is 11.1 Å². The number of carbonyl (C=O) groups is 1. The fourth-order valence-corrected chi connectivity index (χ4v) is 4.28. The highest BCUT2D eigenvalue weighted by Gasteiger charge is 2.09. The average molecular weight is 477 g/mol. The number of fused-ring (bicyclic) bond motifs is 1. The number of rotatable bonds is 6. The Morgan fingerprint density at radius 3 is 2.67 bits per heavy atom. The van der Waals surface area contributed by atoms with Crippen LogP contribution in [0.25, 0.3) is 17.0 Å². The quantitative estimate of drug-likeness (QED) is 0.174. The number of aromatic nitrogens is 2. The van der Waals surface area contributed by atoms with Crippen molar-refractivity contribution in [3.8, 4) is 0 Å². The first-order chi connectivity index (χ1) is 15.9. The number of nitrogens with one attached hydrogen (secondary N) is 1. The fourth-order valence-electron chi connectivity index (χ4n) is 3.18. The molecule has 0 aliphatic rings. The summed E-state index contributed by atoms with van der Waals surface area (Å²) in [7, 11) is 1.72. The second kappa shape index (κ2) is 9.94. The fraction of sp³-hybridized carbons (Fsp3) is 0.0800. The summed E-state index contributed by atoms with van der Waals surface area (Å²) in [6, 6.07) is 20.0. The van der Waals surface area contributed by atoms with Crippen LogP contribution in [0.15, 0.2) is 82.8 Å². The molecule has 1 amide bonds. The Bertz CT molecular complexity index is 1410. The number of benzene rings is 3. The summed E-state index contributed by atoms with van der Waals surface area (Å²) in [5, 5.41) is 4.47. The van der Waals surface area contributed by atoms with Crippen molar-refractivity contribution in [2.45, 2.75) is 10.9 Å². The number of hydrogen-bond donors (Lipinski definition) is 2. The minimum absolute atomic E-state index is 0.102. The maximum absolute atomic E-state index is 12.6. The van der Waals surface area contributed by atoms with Gasteiger partial charge in [-0.25, -0.2) is 4.98 Å². The van der Waals surface area contributed by atoms with Gasteiger partial charge in [0, 0.05) is 23.9 Å². The molecule has 0 bridgehead atoms. The van der Waals surface area contributed by atoms with Gasteiger partial charge in [0.1, 0.15) is 0 Å². The number of nitrogens with two attached hydrogens (primary N) is 1. The van der Waals surface area contributed by atoms with Crippen molar-refractivity contribution in [3.63, 3.8) is 0 Å². The normalized spacial score (nSPS) is 11.2. The zero-order chi connectivity index (χ0) is 23.4. The van der Waals surface area contributed by atoms with E-state index in [2.05, 4.69) is 10.3 Å². The average Bonchev–Trinajstić information content (AvgIpc) is 2.81. The lowest BCUT2D eigenvalue weighted by atomic mass is 10.1. The van der Waals surface area contributed by atoms with Crippen LogP contribution in [0.5, 0.6) is 0 Å². The molecular weight excluding hydrogens is 456 g/mol. The van der Waals surface area contributed by atoms with Crippen molar-refractivity contribution in [3.05, 3.63) is 99.3 Å². The second-order valence-corrected chi connectivity index (χ2v) is 8.74. The van der Waals surface area contributed by atoms with E-state index in [1.807, 2.05) is 36.4 Å². The Morgan fingerprint density at radius 1 is 1.15 bits per heavy atom. The standard InChI is InChI=1S/C25H21ClN4O2S/c1-30-24(32)19-12-11-18(26)14-22(19)29-25(30)33-15-17-8-6-16(7-9-17)10-13-23(31)28-21-5-3-2-4-20(21)27/h2-14H,15,27H2,1H3,(H,28,31)/b13-10+. The van der Waals surface area contributed by atoms with Crippen LogP contribution in [-0.4, -0.2) is 15.5 Å². The van der Waals surface area contributed by atoms with Gasteiger partial charge in [-0.3, -0.25) is 14.2 Å². The molecule has 0 fully saturated rings. The van der Waals surface area contributed by atoms with Crippen LogP contribution >= 0.6 is 23.4 Å². The van der Waals surface area contributed by atoms with E-state index in [9.17, 15) is 9.59 Å². The van der Waals surface area contributed by atoms with Crippen molar-refractivity contribution in [1.29, 1.82) is 0 Å². The molecule has 166 valence electrons. The number of amides is 1. The van der Waals surface area contributed by atoms with Gasteiger partial charge >= 0.3 is 0 Å². The first-order valence-corrected chi connectivity index (χ1v) is 11.5. The highest BCUT2D eigenvalue weighted by molar-refractivity contribution is 7.98. The van der Waals surface area contributed by atoms with Crippen LogP contribution in [0.2, 0.25) is 5.02 Å². The van der Waals surface area contributed by atoms with Crippen molar-refractivity contribution >= 4 is 57.6 Å². The SMILES string of the molecule is Cn1c(SCc2ccc(/C=C/C(=O)Nc3ccccc3N)cc2)nc2cc(Cl)ccc2c1=O.